The highest BCUT2D eigenvalue weighted by molar-refractivity contribution is 5.68. The molecule has 11 heteroatoms. The molecular formula is C38H52N6O5. The standard InChI is InChI=1S/C38H52N6O5/c1-6-10-12-26(8-3)24-48-30-18-20-32(34(45)22-30)40-37-42-36(39-28-14-16-29(47-5)17-15-28)43-38(44-37)41-33-21-19-31(23-35(33)46)49-25-27(9-4)13-11-7-2/h14-23,26-27,45-46H,6-13,24-25H2,1-5H3,(H3,39,40,41,42,43,44). The lowest BCUT2D eigenvalue weighted by molar-refractivity contribution is 0.232. The molecule has 0 bridgehead atoms. The Kier molecular flexibility index (Phi) is 14.4. The Morgan fingerprint density at radius 1 is 0.592 bits per heavy atom. The molecule has 0 saturated heterocycles. The van der Waals surface area contributed by atoms with Gasteiger partial charge in [-0.2, -0.15) is 15.0 Å². The second-order valence-electron chi connectivity index (χ2n) is 12.2. The summed E-state index contributed by atoms with van der Waals surface area (Å²) in [4.78, 5) is 13.6. The first kappa shape index (κ1) is 36.9. The number of rotatable bonds is 21. The molecule has 2 unspecified atom stereocenters. The van der Waals surface area contributed by atoms with Crippen LogP contribution >= 0.6 is 0 Å². The molecule has 1 heterocycles. The lowest BCUT2D eigenvalue weighted by Gasteiger charge is -2.17. The fourth-order valence-electron chi connectivity index (χ4n) is 5.23. The number of methoxy groups -OCH3 is 1. The fourth-order valence-corrected chi connectivity index (χ4v) is 5.23. The summed E-state index contributed by atoms with van der Waals surface area (Å²) in [6, 6.07) is 17.6. The first-order chi connectivity index (χ1) is 23.8. The van der Waals surface area contributed by atoms with Crippen molar-refractivity contribution >= 4 is 34.9 Å². The van der Waals surface area contributed by atoms with Gasteiger partial charge in [0.25, 0.3) is 0 Å². The maximum atomic E-state index is 10.9. The lowest BCUT2D eigenvalue weighted by Crippen LogP contribution is -2.11. The van der Waals surface area contributed by atoms with E-state index in [2.05, 4.69) is 58.6 Å². The maximum Gasteiger partial charge on any atom is 0.233 e. The molecule has 0 saturated carbocycles. The molecule has 264 valence electrons. The number of nitrogens with zero attached hydrogens (tertiary/aromatic N) is 3. The molecule has 49 heavy (non-hydrogen) atoms. The number of phenols is 2. The second-order valence-corrected chi connectivity index (χ2v) is 12.2. The number of phenolic OH excluding ortho intramolecular Hbond substituents is 2. The molecule has 0 aliphatic rings. The minimum Gasteiger partial charge on any atom is -0.506 e. The van der Waals surface area contributed by atoms with E-state index in [0.29, 0.717) is 53.7 Å². The first-order valence-electron chi connectivity index (χ1n) is 17.5. The molecule has 4 rings (SSSR count). The zero-order chi connectivity index (χ0) is 35.0. The quantitative estimate of drug-likeness (QED) is 0.0540. The minimum absolute atomic E-state index is 0.00747. The summed E-state index contributed by atoms with van der Waals surface area (Å²) in [6.07, 6.45) is 8.99. The van der Waals surface area contributed by atoms with E-state index >= 15 is 0 Å². The summed E-state index contributed by atoms with van der Waals surface area (Å²) >= 11 is 0. The Morgan fingerprint density at radius 2 is 1.02 bits per heavy atom. The zero-order valence-electron chi connectivity index (χ0n) is 29.5. The highest BCUT2D eigenvalue weighted by atomic mass is 16.5. The summed E-state index contributed by atoms with van der Waals surface area (Å²) in [6.45, 7) is 9.93. The summed E-state index contributed by atoms with van der Waals surface area (Å²) in [5.74, 6) is 3.39. The van der Waals surface area contributed by atoms with Crippen LogP contribution in [0.2, 0.25) is 0 Å². The van der Waals surface area contributed by atoms with Gasteiger partial charge in [-0.05, 0) is 73.2 Å². The number of nitrogens with one attached hydrogen (secondary N) is 3. The van der Waals surface area contributed by atoms with Crippen LogP contribution in [0.1, 0.15) is 79.1 Å². The smallest absolute Gasteiger partial charge is 0.233 e. The van der Waals surface area contributed by atoms with Crippen LogP contribution in [-0.4, -0.2) is 45.5 Å². The molecule has 1 aromatic heterocycles. The van der Waals surface area contributed by atoms with Gasteiger partial charge in [0.15, 0.2) is 0 Å². The largest absolute Gasteiger partial charge is 0.506 e. The van der Waals surface area contributed by atoms with Crippen LogP contribution in [0.3, 0.4) is 0 Å². The van der Waals surface area contributed by atoms with E-state index in [1.165, 1.54) is 12.8 Å². The molecule has 11 nitrogen and oxygen atoms in total. The fraction of sp³-hybridized carbons (Fsp3) is 0.447. The van der Waals surface area contributed by atoms with Crippen LogP contribution in [0.25, 0.3) is 0 Å². The van der Waals surface area contributed by atoms with Crippen molar-refractivity contribution in [1.82, 2.24) is 15.0 Å². The van der Waals surface area contributed by atoms with E-state index < -0.39 is 0 Å². The van der Waals surface area contributed by atoms with Crippen LogP contribution in [0.15, 0.2) is 60.7 Å². The van der Waals surface area contributed by atoms with E-state index in [0.717, 1.165) is 44.2 Å². The van der Waals surface area contributed by atoms with Gasteiger partial charge in [-0.15, -0.1) is 0 Å². The summed E-state index contributed by atoms with van der Waals surface area (Å²) in [7, 11) is 1.61. The Labute approximate surface area is 290 Å². The van der Waals surface area contributed by atoms with Gasteiger partial charge in [-0.3, -0.25) is 0 Å². The number of hydrogen-bond acceptors (Lipinski definition) is 11. The van der Waals surface area contributed by atoms with Crippen molar-refractivity contribution in [1.29, 1.82) is 0 Å². The maximum absolute atomic E-state index is 10.9. The average Bonchev–Trinajstić information content (AvgIpc) is 3.11. The van der Waals surface area contributed by atoms with E-state index in [1.807, 2.05) is 24.3 Å². The van der Waals surface area contributed by atoms with Gasteiger partial charge >= 0.3 is 0 Å². The molecule has 0 amide bonds. The molecule has 0 spiro atoms. The SMILES string of the molecule is CCCCC(CC)COc1ccc(Nc2nc(Nc3ccc(OC)cc3)nc(Nc3ccc(OCC(CC)CCCC)cc3O)n2)c(O)c1. The Bertz CT molecular complexity index is 1500. The molecule has 3 aromatic carbocycles. The highest BCUT2D eigenvalue weighted by Crippen LogP contribution is 2.33. The topological polar surface area (TPSA) is 143 Å². The molecule has 4 aromatic rings. The van der Waals surface area contributed by atoms with Crippen molar-refractivity contribution in [3.63, 3.8) is 0 Å². The second kappa shape index (κ2) is 19.2. The predicted octanol–water partition coefficient (Wildman–Crippen LogP) is 9.71. The van der Waals surface area contributed by atoms with Gasteiger partial charge in [0, 0.05) is 17.8 Å². The van der Waals surface area contributed by atoms with Gasteiger partial charge in [-0.25, -0.2) is 0 Å². The third-order valence-corrected chi connectivity index (χ3v) is 8.47. The van der Waals surface area contributed by atoms with Crippen LogP contribution in [0, 0.1) is 11.8 Å². The Balaban J connectivity index is 1.52. The minimum atomic E-state index is -0.00747. The van der Waals surface area contributed by atoms with E-state index in [9.17, 15) is 10.2 Å². The lowest BCUT2D eigenvalue weighted by atomic mass is 10.0. The van der Waals surface area contributed by atoms with Crippen molar-refractivity contribution in [2.75, 3.05) is 36.3 Å². The van der Waals surface area contributed by atoms with Crippen LogP contribution in [-0.2, 0) is 0 Å². The summed E-state index contributed by atoms with van der Waals surface area (Å²) < 4.78 is 17.3. The molecule has 0 aliphatic carbocycles. The third-order valence-electron chi connectivity index (χ3n) is 8.47. The molecule has 0 fully saturated rings. The summed E-state index contributed by atoms with van der Waals surface area (Å²) in [5, 5.41) is 31.1. The Morgan fingerprint density at radius 3 is 1.41 bits per heavy atom. The number of hydrogen-bond donors (Lipinski definition) is 5. The van der Waals surface area contributed by atoms with Crippen LogP contribution in [0.4, 0.5) is 34.9 Å². The molecule has 5 N–H and O–H groups in total. The average molecular weight is 673 g/mol. The van der Waals surface area contributed by atoms with Crippen molar-refractivity contribution < 1.29 is 24.4 Å². The number of benzene rings is 3. The molecule has 0 aliphatic heterocycles. The van der Waals surface area contributed by atoms with E-state index in [1.54, 1.807) is 43.5 Å². The number of ether oxygens (including phenoxy) is 3. The number of unbranched alkanes of at least 4 members (excludes halogenated alkanes) is 2. The molecule has 2 atom stereocenters. The molecular weight excluding hydrogens is 620 g/mol. The Hall–Kier alpha value is -4.93. The number of aromatic nitrogens is 3. The van der Waals surface area contributed by atoms with Crippen molar-refractivity contribution in [3.05, 3.63) is 60.7 Å². The molecule has 0 radical (unpaired) electrons. The van der Waals surface area contributed by atoms with Crippen LogP contribution < -0.4 is 30.2 Å². The number of anilines is 6. The predicted molar refractivity (Wildman–Crippen MR) is 196 cm³/mol. The van der Waals surface area contributed by atoms with Gasteiger partial charge < -0.3 is 40.4 Å². The van der Waals surface area contributed by atoms with Gasteiger partial charge in [0.05, 0.1) is 31.7 Å². The van der Waals surface area contributed by atoms with E-state index in [4.69, 9.17) is 14.2 Å². The van der Waals surface area contributed by atoms with Gasteiger partial charge in [0.2, 0.25) is 17.8 Å². The van der Waals surface area contributed by atoms with Crippen LogP contribution in [0.5, 0.6) is 28.7 Å². The monoisotopic (exact) mass is 672 g/mol. The number of aromatic hydroxyl groups is 2. The van der Waals surface area contributed by atoms with Gasteiger partial charge in [-0.1, -0.05) is 66.2 Å². The van der Waals surface area contributed by atoms with E-state index in [-0.39, 0.29) is 29.3 Å². The first-order valence-corrected chi connectivity index (χ1v) is 17.5. The highest BCUT2D eigenvalue weighted by Gasteiger charge is 2.14. The normalized spacial score (nSPS) is 12.2. The zero-order valence-corrected chi connectivity index (χ0v) is 29.5. The van der Waals surface area contributed by atoms with Crippen molar-refractivity contribution in [2.24, 2.45) is 11.8 Å². The van der Waals surface area contributed by atoms with Crippen molar-refractivity contribution in [3.8, 4) is 28.7 Å². The van der Waals surface area contributed by atoms with Gasteiger partial charge in [0.1, 0.15) is 28.7 Å². The summed E-state index contributed by atoms with van der Waals surface area (Å²) in [5.41, 5.74) is 1.52. The van der Waals surface area contributed by atoms with Crippen molar-refractivity contribution in [2.45, 2.75) is 79.1 Å². The third kappa shape index (κ3) is 11.6.